The van der Waals surface area contributed by atoms with Gasteiger partial charge < -0.3 is 25.2 Å². The molecule has 0 atom stereocenters. The predicted octanol–water partition coefficient (Wildman–Crippen LogP) is 1.03. The number of hydrogen-bond acceptors (Lipinski definition) is 6. The molecule has 2 rings (SSSR count). The minimum Gasteiger partial charge on any atom is -0.465 e. The summed E-state index contributed by atoms with van der Waals surface area (Å²) in [7, 11) is 1.37. The zero-order valence-electron chi connectivity index (χ0n) is 12.2. The maximum absolute atomic E-state index is 11.9. The lowest BCUT2D eigenvalue weighted by Crippen LogP contribution is -2.38. The van der Waals surface area contributed by atoms with E-state index >= 15 is 0 Å². The molecule has 0 amide bonds. The summed E-state index contributed by atoms with van der Waals surface area (Å²) in [4.78, 5) is 14.0. The second-order valence-corrected chi connectivity index (χ2v) is 5.02. The fourth-order valence-electron chi connectivity index (χ4n) is 2.65. The van der Waals surface area contributed by atoms with Gasteiger partial charge in [-0.15, -0.1) is 0 Å². The monoisotopic (exact) mass is 294 g/mol. The average molecular weight is 294 g/mol. The van der Waals surface area contributed by atoms with Gasteiger partial charge in [0.1, 0.15) is 0 Å². The topological polar surface area (TPSA) is 85.0 Å². The highest BCUT2D eigenvalue weighted by Crippen LogP contribution is 2.31. The van der Waals surface area contributed by atoms with Crippen LogP contribution in [0.2, 0.25) is 0 Å². The fourth-order valence-corrected chi connectivity index (χ4v) is 2.65. The standard InChI is InChI=1S/C15H22N2O4/c1-20-15(19)12-3-2-4-13(16)14(12)17-7-5-11(6-8-17)21-10-9-18/h2-4,11,18H,5-10,16H2,1H3. The fraction of sp³-hybridized carbons (Fsp3) is 0.533. The molecule has 1 aromatic carbocycles. The van der Waals surface area contributed by atoms with Crippen molar-refractivity contribution in [3.63, 3.8) is 0 Å². The van der Waals surface area contributed by atoms with Gasteiger partial charge in [0.05, 0.1) is 43.4 Å². The van der Waals surface area contributed by atoms with Crippen LogP contribution in [0, 0.1) is 0 Å². The van der Waals surface area contributed by atoms with E-state index in [4.69, 9.17) is 20.3 Å². The first-order valence-electron chi connectivity index (χ1n) is 7.11. The Kier molecular flexibility index (Phi) is 5.41. The molecule has 0 aliphatic carbocycles. The maximum Gasteiger partial charge on any atom is 0.340 e. The zero-order valence-corrected chi connectivity index (χ0v) is 12.2. The SMILES string of the molecule is COC(=O)c1cccc(N)c1N1CCC(OCCO)CC1. The van der Waals surface area contributed by atoms with E-state index in [1.165, 1.54) is 7.11 Å². The molecule has 0 radical (unpaired) electrons. The quantitative estimate of drug-likeness (QED) is 0.623. The van der Waals surface area contributed by atoms with Crippen molar-refractivity contribution >= 4 is 17.3 Å². The Labute approximate surface area is 124 Å². The van der Waals surface area contributed by atoms with Gasteiger partial charge in [0, 0.05) is 13.1 Å². The van der Waals surface area contributed by atoms with Crippen molar-refractivity contribution in [1.29, 1.82) is 0 Å². The van der Waals surface area contributed by atoms with Gasteiger partial charge in [-0.05, 0) is 25.0 Å². The van der Waals surface area contributed by atoms with Crippen molar-refractivity contribution in [3.05, 3.63) is 23.8 Å². The Morgan fingerprint density at radius 2 is 2.14 bits per heavy atom. The normalized spacial score (nSPS) is 16.0. The van der Waals surface area contributed by atoms with Gasteiger partial charge in [-0.1, -0.05) is 6.07 Å². The number of aliphatic hydroxyl groups is 1. The van der Waals surface area contributed by atoms with Gasteiger partial charge in [0.2, 0.25) is 0 Å². The van der Waals surface area contributed by atoms with Crippen LogP contribution in [-0.2, 0) is 9.47 Å². The van der Waals surface area contributed by atoms with E-state index < -0.39 is 0 Å². The highest BCUT2D eigenvalue weighted by atomic mass is 16.5. The van der Waals surface area contributed by atoms with Crippen LogP contribution in [0.4, 0.5) is 11.4 Å². The summed E-state index contributed by atoms with van der Waals surface area (Å²) in [5, 5.41) is 8.78. The number of benzene rings is 1. The zero-order chi connectivity index (χ0) is 15.2. The van der Waals surface area contributed by atoms with Crippen molar-refractivity contribution < 1.29 is 19.4 Å². The van der Waals surface area contributed by atoms with Gasteiger partial charge in [-0.2, -0.15) is 0 Å². The molecule has 1 heterocycles. The summed E-state index contributed by atoms with van der Waals surface area (Å²) in [6.07, 6.45) is 1.84. The van der Waals surface area contributed by atoms with Crippen LogP contribution < -0.4 is 10.6 Å². The van der Waals surface area contributed by atoms with Gasteiger partial charge in [-0.3, -0.25) is 0 Å². The molecule has 0 bridgehead atoms. The molecule has 1 aliphatic rings. The molecule has 1 aromatic rings. The average Bonchev–Trinajstić information content (AvgIpc) is 2.52. The molecule has 1 saturated heterocycles. The van der Waals surface area contributed by atoms with Crippen molar-refractivity contribution in [1.82, 2.24) is 0 Å². The highest BCUT2D eigenvalue weighted by molar-refractivity contribution is 5.99. The van der Waals surface area contributed by atoms with Gasteiger partial charge >= 0.3 is 5.97 Å². The number of rotatable bonds is 5. The number of nitrogens with two attached hydrogens (primary N) is 1. The van der Waals surface area contributed by atoms with Crippen LogP contribution in [0.25, 0.3) is 0 Å². The lowest BCUT2D eigenvalue weighted by atomic mass is 10.0. The predicted molar refractivity (Wildman–Crippen MR) is 80.5 cm³/mol. The van der Waals surface area contributed by atoms with E-state index in [2.05, 4.69) is 4.90 Å². The number of para-hydroxylation sites is 1. The van der Waals surface area contributed by atoms with Crippen molar-refractivity contribution in [2.45, 2.75) is 18.9 Å². The summed E-state index contributed by atoms with van der Waals surface area (Å²) in [6, 6.07) is 5.27. The summed E-state index contributed by atoms with van der Waals surface area (Å²) in [5.41, 5.74) is 7.86. The van der Waals surface area contributed by atoms with Crippen molar-refractivity contribution in [2.75, 3.05) is 44.0 Å². The smallest absolute Gasteiger partial charge is 0.340 e. The molecule has 1 fully saturated rings. The first-order valence-corrected chi connectivity index (χ1v) is 7.11. The Morgan fingerprint density at radius 1 is 1.43 bits per heavy atom. The molecule has 6 nitrogen and oxygen atoms in total. The first kappa shape index (κ1) is 15.6. The van der Waals surface area contributed by atoms with Gasteiger partial charge in [0.15, 0.2) is 0 Å². The lowest BCUT2D eigenvalue weighted by molar-refractivity contribution is 0.0159. The number of carbonyl (C=O) groups excluding carboxylic acids is 1. The maximum atomic E-state index is 11.9. The summed E-state index contributed by atoms with van der Waals surface area (Å²) < 4.78 is 10.4. The molecule has 3 N–H and O–H groups in total. The number of aliphatic hydroxyl groups excluding tert-OH is 1. The second-order valence-electron chi connectivity index (χ2n) is 5.02. The molecule has 0 saturated carbocycles. The molecule has 0 unspecified atom stereocenters. The number of hydrogen-bond donors (Lipinski definition) is 2. The van der Waals surface area contributed by atoms with Crippen LogP contribution >= 0.6 is 0 Å². The van der Waals surface area contributed by atoms with Crippen LogP contribution in [0.15, 0.2) is 18.2 Å². The number of esters is 1. The Bertz CT molecular complexity index is 485. The van der Waals surface area contributed by atoms with Crippen LogP contribution in [0.3, 0.4) is 0 Å². The van der Waals surface area contributed by atoms with E-state index in [0.717, 1.165) is 31.6 Å². The molecule has 116 valence electrons. The summed E-state index contributed by atoms with van der Waals surface area (Å²) in [6.45, 7) is 1.92. The van der Waals surface area contributed by atoms with Crippen LogP contribution in [-0.4, -0.2) is 50.6 Å². The van der Waals surface area contributed by atoms with Crippen LogP contribution in [0.1, 0.15) is 23.2 Å². The Balaban J connectivity index is 2.11. The van der Waals surface area contributed by atoms with Crippen molar-refractivity contribution in [3.8, 4) is 0 Å². The summed E-state index contributed by atoms with van der Waals surface area (Å²) >= 11 is 0. The third kappa shape index (κ3) is 3.65. The number of piperidine rings is 1. The van der Waals surface area contributed by atoms with E-state index in [1.807, 2.05) is 0 Å². The molecule has 0 aromatic heterocycles. The minimum atomic E-state index is -0.379. The Morgan fingerprint density at radius 3 is 2.76 bits per heavy atom. The third-order valence-corrected chi connectivity index (χ3v) is 3.68. The van der Waals surface area contributed by atoms with Gasteiger partial charge in [0.25, 0.3) is 0 Å². The van der Waals surface area contributed by atoms with E-state index in [9.17, 15) is 4.79 Å². The number of anilines is 2. The lowest BCUT2D eigenvalue weighted by Gasteiger charge is -2.35. The van der Waals surface area contributed by atoms with Gasteiger partial charge in [-0.25, -0.2) is 4.79 Å². The second kappa shape index (κ2) is 7.28. The van der Waals surface area contributed by atoms with E-state index in [0.29, 0.717) is 17.9 Å². The molecule has 21 heavy (non-hydrogen) atoms. The molecule has 1 aliphatic heterocycles. The number of carbonyl (C=O) groups is 1. The molecular weight excluding hydrogens is 272 g/mol. The minimum absolute atomic E-state index is 0.0400. The van der Waals surface area contributed by atoms with E-state index in [1.54, 1.807) is 18.2 Å². The van der Waals surface area contributed by atoms with Crippen LogP contribution in [0.5, 0.6) is 0 Å². The Hall–Kier alpha value is -1.79. The molecule has 0 spiro atoms. The summed E-state index contributed by atoms with van der Waals surface area (Å²) in [5.74, 6) is -0.379. The van der Waals surface area contributed by atoms with Crippen molar-refractivity contribution in [2.24, 2.45) is 0 Å². The highest BCUT2D eigenvalue weighted by Gasteiger charge is 2.25. The molecule has 6 heteroatoms. The molecular formula is C15H22N2O4. The number of nitrogen functional groups attached to an aromatic ring is 1. The number of methoxy groups -OCH3 is 1. The third-order valence-electron chi connectivity index (χ3n) is 3.68. The number of nitrogens with zero attached hydrogens (tertiary/aromatic N) is 1. The largest absolute Gasteiger partial charge is 0.465 e. The first-order chi connectivity index (χ1) is 10.2. The number of ether oxygens (including phenoxy) is 2. The van der Waals surface area contributed by atoms with E-state index in [-0.39, 0.29) is 18.7 Å².